The molecule has 2 heterocycles. The molecule has 1 N–H and O–H groups in total. The van der Waals surface area contributed by atoms with Crippen molar-refractivity contribution in [3.05, 3.63) is 56.3 Å². The van der Waals surface area contributed by atoms with Crippen LogP contribution in [0.25, 0.3) is 0 Å². The number of carbonyl (C=O) groups is 1. The highest BCUT2D eigenvalue weighted by Gasteiger charge is 2.31. The minimum Gasteiger partial charge on any atom is -0.367 e. The van der Waals surface area contributed by atoms with E-state index in [1.54, 1.807) is 23.5 Å². The smallest absolute Gasteiger partial charge is 0.293 e. The molecule has 2 aliphatic rings. The molecule has 0 radical (unpaired) electrons. The van der Waals surface area contributed by atoms with E-state index in [2.05, 4.69) is 5.32 Å². The van der Waals surface area contributed by atoms with Crippen LogP contribution in [0.4, 0.5) is 11.4 Å². The monoisotopic (exact) mass is 387 g/mol. The lowest BCUT2D eigenvalue weighted by Gasteiger charge is -2.37. The fraction of sp³-hybridized carbons (Fsp3) is 0.421. The maximum Gasteiger partial charge on any atom is 0.293 e. The molecule has 27 heavy (non-hydrogen) atoms. The number of nitrogens with zero attached hydrogens (tertiary/aromatic N) is 2. The number of thiophene rings is 1. The van der Waals surface area contributed by atoms with Crippen molar-refractivity contribution in [2.75, 3.05) is 18.0 Å². The van der Waals surface area contributed by atoms with Gasteiger partial charge in [0.25, 0.3) is 11.6 Å². The Kier molecular flexibility index (Phi) is 4.84. The zero-order valence-electron chi connectivity index (χ0n) is 15.0. The molecule has 2 unspecified atom stereocenters. The van der Waals surface area contributed by atoms with E-state index in [9.17, 15) is 14.9 Å². The SMILES string of the molecule is CC1CN(c2ccc(C(=O)NC3CC3)cc2[N+](=O)[O-])CC(c2ccsc2)O1. The summed E-state index contributed by atoms with van der Waals surface area (Å²) in [5.74, 6) is -0.251. The molecule has 2 fully saturated rings. The van der Waals surface area contributed by atoms with Gasteiger partial charge in [-0.25, -0.2) is 0 Å². The second-order valence-electron chi connectivity index (χ2n) is 7.11. The molecule has 1 aromatic heterocycles. The van der Waals surface area contributed by atoms with Crippen LogP contribution in [0.5, 0.6) is 0 Å². The molecule has 1 aromatic carbocycles. The first-order chi connectivity index (χ1) is 13.0. The number of hydrogen-bond acceptors (Lipinski definition) is 6. The molecule has 1 amide bonds. The maximum atomic E-state index is 12.3. The maximum absolute atomic E-state index is 12.3. The molecular weight excluding hydrogens is 366 g/mol. The van der Waals surface area contributed by atoms with Gasteiger partial charge < -0.3 is 15.0 Å². The van der Waals surface area contributed by atoms with Crippen molar-refractivity contribution in [2.45, 2.75) is 38.0 Å². The highest BCUT2D eigenvalue weighted by molar-refractivity contribution is 7.07. The molecule has 1 aliphatic carbocycles. The van der Waals surface area contributed by atoms with Gasteiger partial charge in [-0.3, -0.25) is 14.9 Å². The lowest BCUT2D eigenvalue weighted by molar-refractivity contribution is -0.384. The highest BCUT2D eigenvalue weighted by Crippen LogP contribution is 2.35. The first-order valence-corrected chi connectivity index (χ1v) is 9.97. The van der Waals surface area contributed by atoms with Gasteiger partial charge in [-0.15, -0.1) is 0 Å². The number of nitro benzene ring substituents is 1. The summed E-state index contributed by atoms with van der Waals surface area (Å²) in [6.07, 6.45) is 1.77. The molecule has 7 nitrogen and oxygen atoms in total. The summed E-state index contributed by atoms with van der Waals surface area (Å²) in [7, 11) is 0. The summed E-state index contributed by atoms with van der Waals surface area (Å²) < 4.78 is 6.03. The molecule has 1 aliphatic heterocycles. The van der Waals surface area contributed by atoms with E-state index in [4.69, 9.17) is 4.74 Å². The highest BCUT2D eigenvalue weighted by atomic mass is 32.1. The van der Waals surface area contributed by atoms with E-state index in [-0.39, 0.29) is 29.8 Å². The lowest BCUT2D eigenvalue weighted by atomic mass is 10.1. The van der Waals surface area contributed by atoms with E-state index in [1.807, 2.05) is 28.7 Å². The molecule has 1 saturated heterocycles. The summed E-state index contributed by atoms with van der Waals surface area (Å²) in [6.45, 7) is 3.07. The second kappa shape index (κ2) is 7.28. The Morgan fingerprint density at radius 2 is 2.15 bits per heavy atom. The minimum atomic E-state index is -0.414. The van der Waals surface area contributed by atoms with Crippen molar-refractivity contribution < 1.29 is 14.5 Å². The molecule has 4 rings (SSSR count). The van der Waals surface area contributed by atoms with Gasteiger partial charge in [0.1, 0.15) is 11.8 Å². The van der Waals surface area contributed by atoms with Crippen LogP contribution in [0, 0.1) is 10.1 Å². The van der Waals surface area contributed by atoms with Crippen LogP contribution in [0.2, 0.25) is 0 Å². The van der Waals surface area contributed by atoms with Crippen LogP contribution in [-0.2, 0) is 4.74 Å². The summed E-state index contributed by atoms with van der Waals surface area (Å²) in [5, 5.41) is 18.6. The van der Waals surface area contributed by atoms with Crippen LogP contribution >= 0.6 is 11.3 Å². The molecule has 2 aromatic rings. The summed E-state index contributed by atoms with van der Waals surface area (Å²) in [6, 6.07) is 6.96. The van der Waals surface area contributed by atoms with Crippen LogP contribution in [0.3, 0.4) is 0 Å². The number of benzene rings is 1. The average Bonchev–Trinajstić information content (AvgIpc) is 3.29. The topological polar surface area (TPSA) is 84.7 Å². The molecule has 2 atom stereocenters. The number of carbonyl (C=O) groups excluding carboxylic acids is 1. The van der Waals surface area contributed by atoms with Gasteiger partial charge in [0.05, 0.1) is 11.0 Å². The largest absolute Gasteiger partial charge is 0.367 e. The first-order valence-electron chi connectivity index (χ1n) is 9.03. The first kappa shape index (κ1) is 17.9. The predicted molar refractivity (Wildman–Crippen MR) is 103 cm³/mol. The van der Waals surface area contributed by atoms with E-state index in [0.29, 0.717) is 24.3 Å². The molecule has 8 heteroatoms. The van der Waals surface area contributed by atoms with Crippen molar-refractivity contribution in [3.8, 4) is 0 Å². The van der Waals surface area contributed by atoms with Crippen molar-refractivity contribution in [3.63, 3.8) is 0 Å². The number of ether oxygens (including phenoxy) is 1. The van der Waals surface area contributed by atoms with E-state index < -0.39 is 4.92 Å². The Morgan fingerprint density at radius 1 is 1.33 bits per heavy atom. The fourth-order valence-electron chi connectivity index (χ4n) is 3.37. The van der Waals surface area contributed by atoms with Crippen molar-refractivity contribution in [2.24, 2.45) is 0 Å². The third kappa shape index (κ3) is 3.96. The van der Waals surface area contributed by atoms with Crippen LogP contribution in [-0.4, -0.2) is 36.1 Å². The molecule has 0 bridgehead atoms. The number of rotatable bonds is 5. The number of nitro groups is 1. The quantitative estimate of drug-likeness (QED) is 0.627. The standard InChI is InChI=1S/C19H21N3O4S/c1-12-9-21(10-18(26-12)14-6-7-27-11-14)16-5-2-13(8-17(16)22(24)25)19(23)20-15-3-4-15/h2,5-8,11-12,15,18H,3-4,9-10H2,1H3,(H,20,23). The summed E-state index contributed by atoms with van der Waals surface area (Å²) >= 11 is 1.60. The number of amides is 1. The summed E-state index contributed by atoms with van der Waals surface area (Å²) in [4.78, 5) is 25.5. The van der Waals surface area contributed by atoms with Gasteiger partial charge in [-0.05, 0) is 54.3 Å². The number of anilines is 1. The van der Waals surface area contributed by atoms with E-state index in [0.717, 1.165) is 18.4 Å². The third-order valence-corrected chi connectivity index (χ3v) is 5.56. The van der Waals surface area contributed by atoms with E-state index in [1.165, 1.54) is 6.07 Å². The fourth-order valence-corrected chi connectivity index (χ4v) is 4.07. The number of nitrogens with one attached hydrogen (secondary N) is 1. The second-order valence-corrected chi connectivity index (χ2v) is 7.89. The van der Waals surface area contributed by atoms with Crippen LogP contribution in [0.1, 0.15) is 41.8 Å². The molecule has 142 valence electrons. The summed E-state index contributed by atoms with van der Waals surface area (Å²) in [5.41, 5.74) is 1.89. The Hall–Kier alpha value is -2.45. The molecule has 1 saturated carbocycles. The third-order valence-electron chi connectivity index (χ3n) is 4.86. The average molecular weight is 387 g/mol. The molecule has 0 spiro atoms. The Balaban J connectivity index is 1.61. The van der Waals surface area contributed by atoms with Gasteiger partial charge in [0, 0.05) is 30.8 Å². The lowest BCUT2D eigenvalue weighted by Crippen LogP contribution is -2.43. The zero-order valence-corrected chi connectivity index (χ0v) is 15.8. The van der Waals surface area contributed by atoms with Crippen LogP contribution < -0.4 is 10.2 Å². The van der Waals surface area contributed by atoms with Gasteiger partial charge in [-0.1, -0.05) is 0 Å². The zero-order chi connectivity index (χ0) is 19.0. The predicted octanol–water partition coefficient (Wildman–Crippen LogP) is 3.51. The normalized spacial score (nSPS) is 22.5. The Labute approximate surface area is 161 Å². The number of morpholine rings is 1. The van der Waals surface area contributed by atoms with Crippen molar-refractivity contribution in [1.82, 2.24) is 5.32 Å². The molecular formula is C19H21N3O4S. The minimum absolute atomic E-state index is 0.0448. The van der Waals surface area contributed by atoms with Gasteiger partial charge >= 0.3 is 0 Å². The van der Waals surface area contributed by atoms with Crippen molar-refractivity contribution in [1.29, 1.82) is 0 Å². The van der Waals surface area contributed by atoms with Crippen LogP contribution in [0.15, 0.2) is 35.0 Å². The number of hydrogen-bond donors (Lipinski definition) is 1. The van der Waals surface area contributed by atoms with Gasteiger partial charge in [0.15, 0.2) is 0 Å². The van der Waals surface area contributed by atoms with Gasteiger partial charge in [0.2, 0.25) is 0 Å². The van der Waals surface area contributed by atoms with E-state index >= 15 is 0 Å². The van der Waals surface area contributed by atoms with Crippen molar-refractivity contribution >= 4 is 28.6 Å². The Morgan fingerprint density at radius 3 is 2.81 bits per heavy atom. The van der Waals surface area contributed by atoms with Gasteiger partial charge in [-0.2, -0.15) is 11.3 Å². The Bertz CT molecular complexity index is 851.